The molecule has 0 bridgehead atoms. The van der Waals surface area contributed by atoms with Gasteiger partial charge in [0, 0.05) is 12.2 Å². The smallest absolute Gasteiger partial charge is 0.224 e. The second kappa shape index (κ2) is 3.75. The van der Waals surface area contributed by atoms with E-state index in [2.05, 4.69) is 27.4 Å². The van der Waals surface area contributed by atoms with Gasteiger partial charge >= 0.3 is 0 Å². The van der Waals surface area contributed by atoms with Crippen molar-refractivity contribution in [2.45, 2.75) is 18.9 Å². The Morgan fingerprint density at radius 3 is 2.85 bits per heavy atom. The van der Waals surface area contributed by atoms with Crippen LogP contribution in [0.4, 0.5) is 5.82 Å². The van der Waals surface area contributed by atoms with Crippen LogP contribution < -0.4 is 5.32 Å². The molecule has 1 N–H and O–H groups in total. The van der Waals surface area contributed by atoms with E-state index in [1.165, 1.54) is 0 Å². The molecule has 0 saturated heterocycles. The van der Waals surface area contributed by atoms with E-state index in [0.717, 1.165) is 18.7 Å². The molecule has 3 nitrogen and oxygen atoms in total. The van der Waals surface area contributed by atoms with Crippen LogP contribution in [0.3, 0.4) is 0 Å². The van der Waals surface area contributed by atoms with Crippen molar-refractivity contribution in [3.05, 3.63) is 29.7 Å². The average Bonchev–Trinajstić information content (AvgIpc) is 2.57. The molecule has 2 rings (SSSR count). The molecular formula is C9H10ClN3. The van der Waals surface area contributed by atoms with Gasteiger partial charge in [0.05, 0.1) is 0 Å². The lowest BCUT2D eigenvalue weighted by Gasteiger charge is -2.11. The summed E-state index contributed by atoms with van der Waals surface area (Å²) in [5, 5.41) is 3.57. The van der Waals surface area contributed by atoms with E-state index in [1.54, 1.807) is 6.20 Å². The summed E-state index contributed by atoms with van der Waals surface area (Å²) in [5.74, 6) is 0.800. The predicted octanol–water partition coefficient (Wildman–Crippen LogP) is 2.26. The SMILES string of the molecule is Clc1nccc(NC2CC=CC2)n1. The Bertz CT molecular complexity index is 316. The third kappa shape index (κ3) is 2.18. The highest BCUT2D eigenvalue weighted by Crippen LogP contribution is 2.15. The molecule has 0 atom stereocenters. The van der Waals surface area contributed by atoms with Crippen molar-refractivity contribution in [2.24, 2.45) is 0 Å². The summed E-state index contributed by atoms with van der Waals surface area (Å²) in [5.41, 5.74) is 0. The fraction of sp³-hybridized carbons (Fsp3) is 0.333. The lowest BCUT2D eigenvalue weighted by Crippen LogP contribution is -2.15. The minimum Gasteiger partial charge on any atom is -0.367 e. The first-order valence-electron chi connectivity index (χ1n) is 4.25. The summed E-state index contributed by atoms with van der Waals surface area (Å²) in [6.45, 7) is 0. The highest BCUT2D eigenvalue weighted by atomic mass is 35.5. The first-order chi connectivity index (χ1) is 6.34. The third-order valence-corrected chi connectivity index (χ3v) is 2.17. The zero-order valence-corrected chi connectivity index (χ0v) is 7.83. The van der Waals surface area contributed by atoms with Crippen LogP contribution in [0.15, 0.2) is 24.4 Å². The van der Waals surface area contributed by atoms with Crippen LogP contribution in [0.25, 0.3) is 0 Å². The molecule has 1 aliphatic rings. The number of nitrogens with one attached hydrogen (secondary N) is 1. The van der Waals surface area contributed by atoms with Crippen LogP contribution in [-0.2, 0) is 0 Å². The summed E-state index contributed by atoms with van der Waals surface area (Å²) >= 11 is 5.65. The van der Waals surface area contributed by atoms with Gasteiger partial charge in [-0.25, -0.2) is 9.97 Å². The standard InChI is InChI=1S/C9H10ClN3/c10-9-11-6-5-8(13-9)12-7-3-1-2-4-7/h1-2,5-7H,3-4H2,(H,11,12,13). The highest BCUT2D eigenvalue weighted by Gasteiger charge is 2.09. The van der Waals surface area contributed by atoms with E-state index in [9.17, 15) is 0 Å². The van der Waals surface area contributed by atoms with Crippen LogP contribution in [0.2, 0.25) is 5.28 Å². The maximum Gasteiger partial charge on any atom is 0.224 e. The van der Waals surface area contributed by atoms with Gasteiger partial charge in [0.15, 0.2) is 0 Å². The minimum absolute atomic E-state index is 0.288. The van der Waals surface area contributed by atoms with E-state index in [1.807, 2.05) is 6.07 Å². The predicted molar refractivity (Wildman–Crippen MR) is 52.8 cm³/mol. The molecule has 0 aromatic carbocycles. The van der Waals surface area contributed by atoms with E-state index in [4.69, 9.17) is 11.6 Å². The maximum absolute atomic E-state index is 5.65. The van der Waals surface area contributed by atoms with E-state index in [0.29, 0.717) is 6.04 Å². The van der Waals surface area contributed by atoms with Gasteiger partial charge in [-0.1, -0.05) is 12.2 Å². The number of halogens is 1. The lowest BCUT2D eigenvalue weighted by molar-refractivity contribution is 0.780. The van der Waals surface area contributed by atoms with Crippen molar-refractivity contribution < 1.29 is 0 Å². The molecule has 0 unspecified atom stereocenters. The van der Waals surface area contributed by atoms with Crippen molar-refractivity contribution in [2.75, 3.05) is 5.32 Å². The van der Waals surface area contributed by atoms with Gasteiger partial charge in [0.2, 0.25) is 5.28 Å². The lowest BCUT2D eigenvalue weighted by atomic mass is 10.2. The molecule has 0 spiro atoms. The summed E-state index contributed by atoms with van der Waals surface area (Å²) in [4.78, 5) is 7.87. The molecule has 0 radical (unpaired) electrons. The largest absolute Gasteiger partial charge is 0.367 e. The van der Waals surface area contributed by atoms with E-state index in [-0.39, 0.29) is 5.28 Å². The van der Waals surface area contributed by atoms with Gasteiger partial charge in [-0.05, 0) is 30.5 Å². The number of aromatic nitrogens is 2. The average molecular weight is 196 g/mol. The molecular weight excluding hydrogens is 186 g/mol. The van der Waals surface area contributed by atoms with Gasteiger partial charge in [0.25, 0.3) is 0 Å². The second-order valence-electron chi connectivity index (χ2n) is 2.99. The Kier molecular flexibility index (Phi) is 2.45. The monoisotopic (exact) mass is 195 g/mol. The quantitative estimate of drug-likeness (QED) is 0.581. The van der Waals surface area contributed by atoms with Gasteiger partial charge in [-0.15, -0.1) is 0 Å². The number of anilines is 1. The molecule has 0 saturated carbocycles. The molecule has 0 fully saturated rings. The van der Waals surface area contributed by atoms with E-state index < -0.39 is 0 Å². The van der Waals surface area contributed by atoms with Crippen LogP contribution in [0.5, 0.6) is 0 Å². The molecule has 1 aliphatic carbocycles. The van der Waals surface area contributed by atoms with Crippen molar-refractivity contribution >= 4 is 17.4 Å². The maximum atomic E-state index is 5.65. The van der Waals surface area contributed by atoms with Gasteiger partial charge in [-0.2, -0.15) is 0 Å². The van der Waals surface area contributed by atoms with Gasteiger partial charge in [0.1, 0.15) is 5.82 Å². The normalized spacial score (nSPS) is 16.4. The number of hydrogen-bond acceptors (Lipinski definition) is 3. The topological polar surface area (TPSA) is 37.8 Å². The van der Waals surface area contributed by atoms with Crippen LogP contribution in [0, 0.1) is 0 Å². The molecule has 0 aliphatic heterocycles. The molecule has 1 aromatic heterocycles. The first-order valence-corrected chi connectivity index (χ1v) is 4.62. The Morgan fingerprint density at radius 1 is 1.38 bits per heavy atom. The van der Waals surface area contributed by atoms with Crippen molar-refractivity contribution in [3.63, 3.8) is 0 Å². The fourth-order valence-electron chi connectivity index (χ4n) is 1.36. The zero-order valence-electron chi connectivity index (χ0n) is 7.07. The third-order valence-electron chi connectivity index (χ3n) is 1.99. The van der Waals surface area contributed by atoms with Crippen molar-refractivity contribution in [1.29, 1.82) is 0 Å². The van der Waals surface area contributed by atoms with Crippen LogP contribution in [-0.4, -0.2) is 16.0 Å². The molecule has 4 heteroatoms. The molecule has 1 aromatic rings. The Balaban J connectivity index is 2.01. The Labute approximate surface area is 81.9 Å². The fourth-order valence-corrected chi connectivity index (χ4v) is 1.51. The van der Waals surface area contributed by atoms with Crippen LogP contribution >= 0.6 is 11.6 Å². The summed E-state index contributed by atoms with van der Waals surface area (Å²) in [7, 11) is 0. The molecule has 0 amide bonds. The van der Waals surface area contributed by atoms with Crippen molar-refractivity contribution in [1.82, 2.24) is 9.97 Å². The Morgan fingerprint density at radius 2 is 2.15 bits per heavy atom. The zero-order chi connectivity index (χ0) is 9.10. The van der Waals surface area contributed by atoms with Crippen LogP contribution in [0.1, 0.15) is 12.8 Å². The van der Waals surface area contributed by atoms with Gasteiger partial charge in [-0.3, -0.25) is 0 Å². The second-order valence-corrected chi connectivity index (χ2v) is 3.33. The molecule has 13 heavy (non-hydrogen) atoms. The van der Waals surface area contributed by atoms with E-state index >= 15 is 0 Å². The number of hydrogen-bond donors (Lipinski definition) is 1. The van der Waals surface area contributed by atoms with Crippen molar-refractivity contribution in [3.8, 4) is 0 Å². The highest BCUT2D eigenvalue weighted by molar-refractivity contribution is 6.28. The van der Waals surface area contributed by atoms with Gasteiger partial charge < -0.3 is 5.32 Å². The Hall–Kier alpha value is -1.09. The number of nitrogens with zero attached hydrogens (tertiary/aromatic N) is 2. The minimum atomic E-state index is 0.288. The molecule has 1 heterocycles. The molecule has 68 valence electrons. The summed E-state index contributed by atoms with van der Waals surface area (Å²) in [6.07, 6.45) is 8.10. The summed E-state index contributed by atoms with van der Waals surface area (Å²) < 4.78 is 0. The number of rotatable bonds is 2. The summed E-state index contributed by atoms with van der Waals surface area (Å²) in [6, 6.07) is 2.29. The first kappa shape index (κ1) is 8.51.